The molecule has 1 saturated carbocycles. The van der Waals surface area contributed by atoms with Gasteiger partial charge in [0.2, 0.25) is 0 Å². The van der Waals surface area contributed by atoms with Crippen LogP contribution in [0.15, 0.2) is 0 Å². The van der Waals surface area contributed by atoms with Crippen LogP contribution in [0.3, 0.4) is 0 Å². The first-order valence-corrected chi connectivity index (χ1v) is 6.61. The van der Waals surface area contributed by atoms with Crippen LogP contribution in [0.4, 0.5) is 0 Å². The molecule has 88 valence electrons. The zero-order valence-electron chi connectivity index (χ0n) is 9.78. The van der Waals surface area contributed by atoms with Crippen molar-refractivity contribution in [3.63, 3.8) is 0 Å². The molecule has 1 aliphatic rings. The second-order valence-electron chi connectivity index (χ2n) is 4.20. The lowest BCUT2D eigenvalue weighted by atomic mass is 10.2. The standard InChI is InChI=1S/C12H17NO2S/c1-3-4-9-10(7-11(14)15-2)16-12(13-9)8-5-6-8/h8H,3-7H2,1-2H3. The molecule has 1 aliphatic carbocycles. The van der Waals surface area contributed by atoms with Crippen molar-refractivity contribution in [3.05, 3.63) is 15.6 Å². The van der Waals surface area contributed by atoms with Crippen LogP contribution in [-0.4, -0.2) is 18.1 Å². The Morgan fingerprint density at radius 1 is 1.56 bits per heavy atom. The largest absolute Gasteiger partial charge is 0.469 e. The van der Waals surface area contributed by atoms with E-state index < -0.39 is 0 Å². The van der Waals surface area contributed by atoms with E-state index in [9.17, 15) is 4.79 Å². The molecule has 1 fully saturated rings. The number of esters is 1. The quantitative estimate of drug-likeness (QED) is 0.742. The first-order chi connectivity index (χ1) is 7.74. The van der Waals surface area contributed by atoms with Crippen LogP contribution in [0.1, 0.15) is 47.7 Å². The average molecular weight is 239 g/mol. The van der Waals surface area contributed by atoms with E-state index in [0.717, 1.165) is 23.4 Å². The molecule has 4 heteroatoms. The van der Waals surface area contributed by atoms with Crippen molar-refractivity contribution in [1.82, 2.24) is 4.98 Å². The van der Waals surface area contributed by atoms with Gasteiger partial charge in [-0.05, 0) is 19.3 Å². The lowest BCUT2D eigenvalue weighted by molar-refractivity contribution is -0.139. The smallest absolute Gasteiger partial charge is 0.310 e. The third-order valence-electron chi connectivity index (χ3n) is 2.74. The Balaban J connectivity index is 2.15. The number of thiazole rings is 1. The van der Waals surface area contributed by atoms with E-state index in [1.807, 2.05) is 0 Å². The Kier molecular flexibility index (Phi) is 3.59. The molecular formula is C12H17NO2S. The van der Waals surface area contributed by atoms with Gasteiger partial charge < -0.3 is 4.74 Å². The van der Waals surface area contributed by atoms with Crippen LogP contribution in [0, 0.1) is 0 Å². The fourth-order valence-corrected chi connectivity index (χ4v) is 2.95. The van der Waals surface area contributed by atoms with Crippen LogP contribution in [-0.2, 0) is 22.4 Å². The van der Waals surface area contributed by atoms with E-state index >= 15 is 0 Å². The molecule has 0 saturated heterocycles. The van der Waals surface area contributed by atoms with E-state index in [4.69, 9.17) is 4.74 Å². The monoisotopic (exact) mass is 239 g/mol. The van der Waals surface area contributed by atoms with Gasteiger partial charge in [0.05, 0.1) is 24.2 Å². The minimum absolute atomic E-state index is 0.164. The Bertz CT molecular complexity index is 382. The van der Waals surface area contributed by atoms with Gasteiger partial charge in [0, 0.05) is 10.8 Å². The number of aromatic nitrogens is 1. The molecule has 0 aliphatic heterocycles. The molecule has 2 rings (SSSR count). The maximum atomic E-state index is 11.3. The first-order valence-electron chi connectivity index (χ1n) is 5.79. The molecular weight excluding hydrogens is 222 g/mol. The van der Waals surface area contributed by atoms with Crippen molar-refractivity contribution < 1.29 is 9.53 Å². The van der Waals surface area contributed by atoms with Gasteiger partial charge in [0.25, 0.3) is 0 Å². The van der Waals surface area contributed by atoms with Crippen molar-refractivity contribution in [3.8, 4) is 0 Å². The predicted molar refractivity (Wildman–Crippen MR) is 63.8 cm³/mol. The van der Waals surface area contributed by atoms with Crippen molar-refractivity contribution in [1.29, 1.82) is 0 Å². The van der Waals surface area contributed by atoms with Gasteiger partial charge in [-0.2, -0.15) is 0 Å². The van der Waals surface area contributed by atoms with Crippen molar-refractivity contribution >= 4 is 17.3 Å². The topological polar surface area (TPSA) is 39.2 Å². The van der Waals surface area contributed by atoms with Crippen LogP contribution in [0.2, 0.25) is 0 Å². The zero-order chi connectivity index (χ0) is 11.5. The van der Waals surface area contributed by atoms with Gasteiger partial charge in [-0.15, -0.1) is 11.3 Å². The zero-order valence-corrected chi connectivity index (χ0v) is 10.6. The van der Waals surface area contributed by atoms with E-state index in [0.29, 0.717) is 12.3 Å². The summed E-state index contributed by atoms with van der Waals surface area (Å²) in [4.78, 5) is 17.1. The summed E-state index contributed by atoms with van der Waals surface area (Å²) in [6.45, 7) is 2.14. The summed E-state index contributed by atoms with van der Waals surface area (Å²) in [5, 5.41) is 1.22. The maximum Gasteiger partial charge on any atom is 0.310 e. The number of ether oxygens (including phenoxy) is 1. The van der Waals surface area contributed by atoms with Gasteiger partial charge in [-0.25, -0.2) is 4.98 Å². The summed E-state index contributed by atoms with van der Waals surface area (Å²) in [7, 11) is 1.44. The second-order valence-corrected chi connectivity index (χ2v) is 5.31. The summed E-state index contributed by atoms with van der Waals surface area (Å²) in [5.74, 6) is 0.510. The van der Waals surface area contributed by atoms with Gasteiger partial charge >= 0.3 is 5.97 Å². The number of hydrogen-bond donors (Lipinski definition) is 0. The summed E-state index contributed by atoms with van der Waals surface area (Å²) in [6.07, 6.45) is 4.95. The van der Waals surface area contributed by atoms with E-state index in [2.05, 4.69) is 11.9 Å². The van der Waals surface area contributed by atoms with Crippen LogP contribution < -0.4 is 0 Å². The Labute approximate surface area is 99.8 Å². The van der Waals surface area contributed by atoms with Gasteiger partial charge in [0.15, 0.2) is 0 Å². The summed E-state index contributed by atoms with van der Waals surface area (Å²) >= 11 is 1.70. The van der Waals surface area contributed by atoms with Gasteiger partial charge in [-0.1, -0.05) is 13.3 Å². The Morgan fingerprint density at radius 3 is 2.88 bits per heavy atom. The van der Waals surface area contributed by atoms with Gasteiger partial charge in [-0.3, -0.25) is 4.79 Å². The minimum atomic E-state index is -0.164. The molecule has 0 spiro atoms. The van der Waals surface area contributed by atoms with Crippen LogP contribution >= 0.6 is 11.3 Å². The molecule has 0 bridgehead atoms. The molecule has 0 aromatic carbocycles. The molecule has 0 N–H and O–H groups in total. The minimum Gasteiger partial charge on any atom is -0.469 e. The highest BCUT2D eigenvalue weighted by Crippen LogP contribution is 2.42. The van der Waals surface area contributed by atoms with Gasteiger partial charge in [0.1, 0.15) is 0 Å². The first kappa shape index (κ1) is 11.6. The number of methoxy groups -OCH3 is 1. The van der Waals surface area contributed by atoms with Crippen molar-refractivity contribution in [2.24, 2.45) is 0 Å². The fourth-order valence-electron chi connectivity index (χ4n) is 1.68. The summed E-state index contributed by atoms with van der Waals surface area (Å²) < 4.78 is 4.71. The summed E-state index contributed by atoms with van der Waals surface area (Å²) in [6, 6.07) is 0. The SMILES string of the molecule is CCCc1nc(C2CC2)sc1CC(=O)OC. The molecule has 1 aromatic heterocycles. The average Bonchev–Trinajstić information content (AvgIpc) is 3.05. The van der Waals surface area contributed by atoms with Crippen LogP contribution in [0.25, 0.3) is 0 Å². The molecule has 3 nitrogen and oxygen atoms in total. The number of rotatable bonds is 5. The Hall–Kier alpha value is -0.900. The second kappa shape index (κ2) is 4.95. The number of nitrogens with zero attached hydrogens (tertiary/aromatic N) is 1. The summed E-state index contributed by atoms with van der Waals surface area (Å²) in [5.41, 5.74) is 1.11. The molecule has 0 atom stereocenters. The highest BCUT2D eigenvalue weighted by Gasteiger charge is 2.28. The third-order valence-corrected chi connectivity index (χ3v) is 4.00. The number of carbonyl (C=O) groups is 1. The van der Waals surface area contributed by atoms with Crippen molar-refractivity contribution in [2.45, 2.75) is 44.9 Å². The normalized spacial score (nSPS) is 15.1. The third kappa shape index (κ3) is 2.61. The predicted octanol–water partition coefficient (Wildman–Crippen LogP) is 2.69. The molecule has 16 heavy (non-hydrogen) atoms. The number of aryl methyl sites for hydroxylation is 1. The van der Waals surface area contributed by atoms with Crippen molar-refractivity contribution in [2.75, 3.05) is 7.11 Å². The van der Waals surface area contributed by atoms with E-state index in [1.165, 1.54) is 25.0 Å². The van der Waals surface area contributed by atoms with Crippen LogP contribution in [0.5, 0.6) is 0 Å². The molecule has 0 radical (unpaired) electrons. The maximum absolute atomic E-state index is 11.3. The molecule has 1 aromatic rings. The number of hydrogen-bond acceptors (Lipinski definition) is 4. The molecule has 0 unspecified atom stereocenters. The fraction of sp³-hybridized carbons (Fsp3) is 0.667. The lowest BCUT2D eigenvalue weighted by Gasteiger charge is -1.99. The highest BCUT2D eigenvalue weighted by molar-refractivity contribution is 7.12. The van der Waals surface area contributed by atoms with E-state index in [-0.39, 0.29) is 5.97 Å². The lowest BCUT2D eigenvalue weighted by Crippen LogP contribution is -2.05. The Morgan fingerprint density at radius 2 is 2.31 bits per heavy atom. The molecule has 1 heterocycles. The van der Waals surface area contributed by atoms with E-state index in [1.54, 1.807) is 11.3 Å². The number of carbonyl (C=O) groups excluding carboxylic acids is 1. The molecule has 0 amide bonds. The highest BCUT2D eigenvalue weighted by atomic mass is 32.1.